The van der Waals surface area contributed by atoms with Crippen LogP contribution in [0.4, 0.5) is 0 Å². The molecule has 1 aromatic carbocycles. The summed E-state index contributed by atoms with van der Waals surface area (Å²) in [6.45, 7) is 5.90. The molecule has 0 bridgehead atoms. The average Bonchev–Trinajstić information content (AvgIpc) is 3.11. The molecule has 0 saturated carbocycles. The highest BCUT2D eigenvalue weighted by Crippen LogP contribution is 2.29. The van der Waals surface area contributed by atoms with Gasteiger partial charge in [-0.2, -0.15) is 0 Å². The molecule has 24 heavy (non-hydrogen) atoms. The van der Waals surface area contributed by atoms with Gasteiger partial charge >= 0.3 is 0 Å². The van der Waals surface area contributed by atoms with E-state index in [2.05, 4.69) is 71.0 Å². The van der Waals surface area contributed by atoms with Gasteiger partial charge in [0.25, 0.3) is 0 Å². The van der Waals surface area contributed by atoms with Crippen molar-refractivity contribution < 1.29 is 4.79 Å². The fraction of sp³-hybridized carbons (Fsp3) is 0.421. The molecule has 0 unspecified atom stereocenters. The van der Waals surface area contributed by atoms with E-state index in [1.54, 1.807) is 11.8 Å². The van der Waals surface area contributed by atoms with Crippen LogP contribution >= 0.6 is 27.7 Å². The van der Waals surface area contributed by atoms with E-state index in [9.17, 15) is 4.79 Å². The minimum absolute atomic E-state index is 0.255. The molecule has 3 rings (SSSR count). The maximum absolute atomic E-state index is 12.5. The third-order valence-electron chi connectivity index (χ3n) is 4.67. The Bertz CT molecular complexity index is 706. The molecule has 0 atom stereocenters. The Balaban J connectivity index is 1.52. The second-order valence-corrected chi connectivity index (χ2v) is 8.27. The third kappa shape index (κ3) is 4.06. The summed E-state index contributed by atoms with van der Waals surface area (Å²) in [4.78, 5) is 15.7. The number of nitrogens with zero attached hydrogens (tertiary/aromatic N) is 2. The number of aryl methyl sites for hydroxylation is 2. The molecule has 2 aromatic rings. The summed E-state index contributed by atoms with van der Waals surface area (Å²) in [5.74, 6) is 0.779. The molecule has 3 nitrogen and oxygen atoms in total. The maximum atomic E-state index is 12.5. The summed E-state index contributed by atoms with van der Waals surface area (Å²) in [5.41, 5.74) is 2.43. The smallest absolute Gasteiger partial charge is 0.232 e. The molecular weight excluding hydrogens is 384 g/mol. The minimum atomic E-state index is 0.255. The number of rotatable bonds is 4. The van der Waals surface area contributed by atoms with Crippen molar-refractivity contribution in [2.24, 2.45) is 0 Å². The first-order valence-corrected chi connectivity index (χ1v) is 10.1. The molecule has 5 heteroatoms. The predicted molar refractivity (Wildman–Crippen MR) is 104 cm³/mol. The Morgan fingerprint density at radius 3 is 2.50 bits per heavy atom. The van der Waals surface area contributed by atoms with E-state index in [-0.39, 0.29) is 5.91 Å². The van der Waals surface area contributed by atoms with E-state index in [1.165, 1.54) is 16.0 Å². The summed E-state index contributed by atoms with van der Waals surface area (Å²) in [6, 6.07) is 8.96. The number of carbonyl (C=O) groups is 1. The number of hydrogen-bond acceptors (Lipinski definition) is 2. The fourth-order valence-corrected chi connectivity index (χ4v) is 4.61. The number of aromatic nitrogens is 1. The molecule has 1 aromatic heterocycles. The highest BCUT2D eigenvalue weighted by molar-refractivity contribution is 9.10. The first kappa shape index (κ1) is 17.6. The Morgan fingerprint density at radius 2 is 1.83 bits per heavy atom. The highest BCUT2D eigenvalue weighted by atomic mass is 79.9. The van der Waals surface area contributed by atoms with Crippen molar-refractivity contribution in [3.63, 3.8) is 0 Å². The Hall–Kier alpha value is -1.20. The van der Waals surface area contributed by atoms with Crippen molar-refractivity contribution in [2.45, 2.75) is 37.6 Å². The van der Waals surface area contributed by atoms with Gasteiger partial charge in [-0.05, 0) is 62.1 Å². The van der Waals surface area contributed by atoms with Crippen LogP contribution in [0.1, 0.15) is 30.0 Å². The summed E-state index contributed by atoms with van der Waals surface area (Å²) in [5, 5.41) is 0. The Labute approximate surface area is 156 Å². The van der Waals surface area contributed by atoms with Gasteiger partial charge < -0.3 is 9.47 Å². The summed E-state index contributed by atoms with van der Waals surface area (Å²) in [7, 11) is 0. The first-order chi connectivity index (χ1) is 11.5. The van der Waals surface area contributed by atoms with Crippen molar-refractivity contribution in [1.82, 2.24) is 9.47 Å². The van der Waals surface area contributed by atoms with Crippen LogP contribution in [-0.4, -0.2) is 34.2 Å². The Morgan fingerprint density at radius 1 is 1.17 bits per heavy atom. The van der Waals surface area contributed by atoms with E-state index in [0.29, 0.717) is 11.8 Å². The van der Waals surface area contributed by atoms with Gasteiger partial charge in [0.15, 0.2) is 0 Å². The normalized spacial score (nSPS) is 15.7. The standard InChI is InChI=1S/C19H23BrN2OS/c1-14-12-18(15(2)11-17(14)20)24-13-19(23)22-9-5-16(6-10-22)21-7-3-4-8-21/h3-4,7-8,11-12,16H,5-6,9-10,13H2,1-2H3. The van der Waals surface area contributed by atoms with Crippen LogP contribution < -0.4 is 0 Å². The van der Waals surface area contributed by atoms with E-state index in [0.717, 1.165) is 30.4 Å². The van der Waals surface area contributed by atoms with Gasteiger partial charge in [-0.15, -0.1) is 11.8 Å². The molecule has 1 aliphatic rings. The quantitative estimate of drug-likeness (QED) is 0.679. The van der Waals surface area contributed by atoms with Crippen LogP contribution in [0.25, 0.3) is 0 Å². The lowest BCUT2D eigenvalue weighted by Gasteiger charge is -2.32. The van der Waals surface area contributed by atoms with E-state index in [4.69, 9.17) is 0 Å². The van der Waals surface area contributed by atoms with E-state index < -0.39 is 0 Å². The largest absolute Gasteiger partial charge is 0.351 e. The fourth-order valence-electron chi connectivity index (χ4n) is 3.15. The van der Waals surface area contributed by atoms with Crippen LogP contribution in [0, 0.1) is 13.8 Å². The maximum Gasteiger partial charge on any atom is 0.232 e. The number of hydrogen-bond donors (Lipinski definition) is 0. The number of thioether (sulfide) groups is 1. The topological polar surface area (TPSA) is 25.2 Å². The molecule has 1 aliphatic heterocycles. The number of benzene rings is 1. The molecular formula is C19H23BrN2OS. The SMILES string of the molecule is Cc1cc(SCC(=O)N2CCC(n3cccc3)CC2)c(C)cc1Br. The lowest BCUT2D eigenvalue weighted by Crippen LogP contribution is -2.39. The van der Waals surface area contributed by atoms with Crippen LogP contribution in [0.5, 0.6) is 0 Å². The molecule has 128 valence electrons. The van der Waals surface area contributed by atoms with Gasteiger partial charge in [-0.3, -0.25) is 4.79 Å². The van der Waals surface area contributed by atoms with Crippen LogP contribution in [-0.2, 0) is 4.79 Å². The molecule has 1 amide bonds. The van der Waals surface area contributed by atoms with E-state index >= 15 is 0 Å². The molecule has 0 aliphatic carbocycles. The molecule has 2 heterocycles. The zero-order chi connectivity index (χ0) is 17.1. The number of piperidine rings is 1. The molecule has 0 N–H and O–H groups in total. The zero-order valence-corrected chi connectivity index (χ0v) is 16.6. The lowest BCUT2D eigenvalue weighted by molar-refractivity contribution is -0.129. The average molecular weight is 407 g/mol. The van der Waals surface area contributed by atoms with Crippen molar-refractivity contribution in [2.75, 3.05) is 18.8 Å². The highest BCUT2D eigenvalue weighted by Gasteiger charge is 2.23. The van der Waals surface area contributed by atoms with Gasteiger partial charge in [0.2, 0.25) is 5.91 Å². The van der Waals surface area contributed by atoms with Crippen molar-refractivity contribution in [3.05, 3.63) is 52.3 Å². The predicted octanol–water partition coefficient (Wildman–Crippen LogP) is 4.82. The minimum Gasteiger partial charge on any atom is -0.351 e. The van der Waals surface area contributed by atoms with Crippen LogP contribution in [0.3, 0.4) is 0 Å². The van der Waals surface area contributed by atoms with Crippen molar-refractivity contribution in [3.8, 4) is 0 Å². The zero-order valence-electron chi connectivity index (χ0n) is 14.2. The molecule has 1 saturated heterocycles. The third-order valence-corrected chi connectivity index (χ3v) is 6.67. The van der Waals surface area contributed by atoms with Crippen molar-refractivity contribution >= 4 is 33.6 Å². The summed E-state index contributed by atoms with van der Waals surface area (Å²) >= 11 is 5.21. The van der Waals surface area contributed by atoms with Gasteiger partial charge in [-0.25, -0.2) is 0 Å². The van der Waals surface area contributed by atoms with Gasteiger partial charge in [0.05, 0.1) is 5.75 Å². The molecule has 0 spiro atoms. The number of carbonyl (C=O) groups excluding carboxylic acids is 1. The van der Waals surface area contributed by atoms with Crippen LogP contribution in [0.15, 0.2) is 46.0 Å². The van der Waals surface area contributed by atoms with Crippen molar-refractivity contribution in [1.29, 1.82) is 0 Å². The first-order valence-electron chi connectivity index (χ1n) is 8.34. The van der Waals surface area contributed by atoms with Gasteiger partial charge in [0, 0.05) is 40.9 Å². The monoisotopic (exact) mass is 406 g/mol. The van der Waals surface area contributed by atoms with Gasteiger partial charge in [0.1, 0.15) is 0 Å². The number of amides is 1. The summed E-state index contributed by atoms with van der Waals surface area (Å²) < 4.78 is 3.40. The second kappa shape index (κ2) is 7.79. The Kier molecular flexibility index (Phi) is 5.72. The van der Waals surface area contributed by atoms with Gasteiger partial charge in [-0.1, -0.05) is 15.9 Å². The number of likely N-dealkylation sites (tertiary alicyclic amines) is 1. The summed E-state index contributed by atoms with van der Waals surface area (Å²) in [6.07, 6.45) is 6.33. The number of halogens is 1. The lowest BCUT2D eigenvalue weighted by atomic mass is 10.1. The second-order valence-electron chi connectivity index (χ2n) is 6.40. The van der Waals surface area contributed by atoms with Crippen LogP contribution in [0.2, 0.25) is 0 Å². The molecule has 1 fully saturated rings. The molecule has 0 radical (unpaired) electrons. The van der Waals surface area contributed by atoms with E-state index in [1.807, 2.05) is 4.90 Å².